The molecule has 344 valence electrons. The first kappa shape index (κ1) is 57.1. The van der Waals surface area contributed by atoms with Crippen molar-refractivity contribution in [2.24, 2.45) is 0 Å². The predicted octanol–water partition coefficient (Wildman–Crippen LogP) is 16.9. The maximum absolute atomic E-state index is 12.3. The lowest BCUT2D eigenvalue weighted by atomic mass is 10.0. The third kappa shape index (κ3) is 47.0. The molecule has 0 aliphatic rings. The highest BCUT2D eigenvalue weighted by Gasteiger charge is 2.17. The van der Waals surface area contributed by atoms with Gasteiger partial charge >= 0.3 is 0 Å². The zero-order chi connectivity index (χ0) is 42.8. The lowest BCUT2D eigenvalue weighted by Gasteiger charge is -2.19. The maximum Gasteiger partial charge on any atom is 0.220 e. The fraction of sp³-hybridized carbons (Fsp3) is 0.800. The fourth-order valence-corrected chi connectivity index (χ4v) is 7.72. The molecule has 0 rings (SSSR count). The van der Waals surface area contributed by atoms with E-state index in [4.69, 9.17) is 0 Å². The van der Waals surface area contributed by atoms with Gasteiger partial charge in [-0.05, 0) is 64.2 Å². The summed E-state index contributed by atoms with van der Waals surface area (Å²) in [5.41, 5.74) is 0. The second-order valence-corrected chi connectivity index (χ2v) is 17.6. The van der Waals surface area contributed by atoms with Crippen molar-refractivity contribution in [1.82, 2.24) is 5.32 Å². The molecule has 4 nitrogen and oxygen atoms in total. The smallest absolute Gasteiger partial charge is 0.220 e. The molecule has 1 amide bonds. The highest BCUT2D eigenvalue weighted by atomic mass is 16.3. The van der Waals surface area contributed by atoms with Gasteiger partial charge in [-0.15, -0.1) is 0 Å². The molecule has 0 radical (unpaired) electrons. The molecule has 0 aromatic heterocycles. The molecule has 4 heteroatoms. The molecule has 0 aliphatic carbocycles. The molecule has 2 atom stereocenters. The van der Waals surface area contributed by atoms with Crippen LogP contribution in [0.2, 0.25) is 0 Å². The Bertz CT molecular complexity index is 981. The van der Waals surface area contributed by atoms with E-state index in [-0.39, 0.29) is 12.5 Å². The van der Waals surface area contributed by atoms with Gasteiger partial charge in [-0.2, -0.15) is 0 Å². The van der Waals surface area contributed by atoms with E-state index in [0.717, 1.165) is 44.9 Å². The van der Waals surface area contributed by atoms with Gasteiger partial charge in [-0.3, -0.25) is 4.79 Å². The Morgan fingerprint density at radius 1 is 0.407 bits per heavy atom. The van der Waals surface area contributed by atoms with Crippen LogP contribution in [0.1, 0.15) is 264 Å². The van der Waals surface area contributed by atoms with Gasteiger partial charge in [0.2, 0.25) is 5.91 Å². The summed E-state index contributed by atoms with van der Waals surface area (Å²) in [6.07, 6.45) is 71.2. The quantitative estimate of drug-likeness (QED) is 0.0423. The molecule has 0 saturated heterocycles. The average molecular weight is 824 g/mol. The molecule has 0 spiro atoms. The normalized spacial score (nSPS) is 13.4. The van der Waals surface area contributed by atoms with Crippen molar-refractivity contribution in [2.75, 3.05) is 6.61 Å². The summed E-state index contributed by atoms with van der Waals surface area (Å²) in [4.78, 5) is 12.3. The summed E-state index contributed by atoms with van der Waals surface area (Å²) in [5, 5.41) is 22.8. The highest BCUT2D eigenvalue weighted by Crippen LogP contribution is 2.16. The van der Waals surface area contributed by atoms with E-state index in [1.165, 1.54) is 199 Å². The van der Waals surface area contributed by atoms with Gasteiger partial charge in [-0.1, -0.05) is 254 Å². The van der Waals surface area contributed by atoms with Crippen molar-refractivity contribution in [3.8, 4) is 0 Å². The third-order valence-corrected chi connectivity index (χ3v) is 11.7. The summed E-state index contributed by atoms with van der Waals surface area (Å²) in [6, 6.07) is -0.636. The van der Waals surface area contributed by atoms with E-state index in [9.17, 15) is 15.0 Å². The summed E-state index contributed by atoms with van der Waals surface area (Å²) in [6.45, 7) is 4.22. The lowest BCUT2D eigenvalue weighted by molar-refractivity contribution is -0.123. The molecule has 0 aromatic carbocycles. The van der Waals surface area contributed by atoms with E-state index in [1.807, 2.05) is 6.08 Å². The monoisotopic (exact) mass is 824 g/mol. The molecule has 0 aromatic rings. The molecule has 0 fully saturated rings. The second kappa shape index (κ2) is 50.4. The van der Waals surface area contributed by atoms with Crippen LogP contribution in [0.25, 0.3) is 0 Å². The SMILES string of the molecule is CCCC/C=C/CC/C=C/C(O)C(CO)NC(=O)CCCCCCCCCCCCCCCCCCCCCCCCCC/C=C\C/C=C\C/C=C\CCCCCCC. The van der Waals surface area contributed by atoms with Crippen LogP contribution in [-0.2, 0) is 4.79 Å². The van der Waals surface area contributed by atoms with Gasteiger partial charge in [0.25, 0.3) is 0 Å². The zero-order valence-electron chi connectivity index (χ0n) is 39.5. The first-order chi connectivity index (χ1) is 29.2. The number of carbonyl (C=O) groups excluding carboxylic acids is 1. The van der Waals surface area contributed by atoms with Crippen LogP contribution in [0.3, 0.4) is 0 Å². The average Bonchev–Trinajstić information content (AvgIpc) is 3.24. The van der Waals surface area contributed by atoms with Gasteiger partial charge in [0.05, 0.1) is 18.8 Å². The summed E-state index contributed by atoms with van der Waals surface area (Å²) >= 11 is 0. The topological polar surface area (TPSA) is 69.6 Å². The van der Waals surface area contributed by atoms with Crippen LogP contribution < -0.4 is 5.32 Å². The summed E-state index contributed by atoms with van der Waals surface area (Å²) in [7, 11) is 0. The largest absolute Gasteiger partial charge is 0.394 e. The van der Waals surface area contributed by atoms with Crippen LogP contribution >= 0.6 is 0 Å². The van der Waals surface area contributed by atoms with Crippen LogP contribution in [0, 0.1) is 0 Å². The Hall–Kier alpha value is -1.91. The number of hydrogen-bond acceptors (Lipinski definition) is 3. The number of aliphatic hydroxyl groups excluding tert-OH is 2. The number of allylic oxidation sites excluding steroid dienone is 9. The van der Waals surface area contributed by atoms with Gasteiger partial charge in [0.1, 0.15) is 0 Å². The Kier molecular flexibility index (Phi) is 48.8. The van der Waals surface area contributed by atoms with E-state index in [0.29, 0.717) is 6.42 Å². The molecule has 0 saturated carbocycles. The van der Waals surface area contributed by atoms with Gasteiger partial charge in [0.15, 0.2) is 0 Å². The van der Waals surface area contributed by atoms with E-state index in [1.54, 1.807) is 6.08 Å². The molecule has 2 unspecified atom stereocenters. The summed E-state index contributed by atoms with van der Waals surface area (Å²) < 4.78 is 0. The molecular formula is C55H101NO3. The van der Waals surface area contributed by atoms with Crippen molar-refractivity contribution >= 4 is 5.91 Å². The standard InChI is InChI=1S/C55H101NO3/c1-3-5-7-9-11-13-14-15-16-17-18-19-20-21-22-23-24-25-26-27-28-29-30-31-32-33-34-35-36-37-38-39-40-41-42-43-45-47-49-51-55(59)56-53(52-57)54(58)50-48-46-44-12-10-8-6-4-2/h10,12,14-15,17-18,20-21,48,50,53-54,57-58H,3-9,11,13,16,19,22-47,49,51-52H2,1-2H3,(H,56,59)/b12-10+,15-14-,18-17-,21-20-,50-48+. The number of nitrogens with one attached hydrogen (secondary N) is 1. The summed E-state index contributed by atoms with van der Waals surface area (Å²) in [5.74, 6) is -0.0754. The molecule has 0 heterocycles. The lowest BCUT2D eigenvalue weighted by Crippen LogP contribution is -2.45. The fourth-order valence-electron chi connectivity index (χ4n) is 7.72. The van der Waals surface area contributed by atoms with Gasteiger partial charge in [0, 0.05) is 6.42 Å². The Balaban J connectivity index is 3.37. The van der Waals surface area contributed by atoms with Crippen molar-refractivity contribution in [3.63, 3.8) is 0 Å². The molecular weight excluding hydrogens is 723 g/mol. The van der Waals surface area contributed by atoms with Crippen molar-refractivity contribution in [1.29, 1.82) is 0 Å². The highest BCUT2D eigenvalue weighted by molar-refractivity contribution is 5.76. The number of unbranched alkanes of at least 4 members (excludes halogenated alkanes) is 32. The van der Waals surface area contributed by atoms with E-state index < -0.39 is 12.1 Å². The molecule has 59 heavy (non-hydrogen) atoms. The minimum atomic E-state index is -0.858. The Labute approximate surface area is 368 Å². The van der Waals surface area contributed by atoms with Crippen molar-refractivity contribution in [3.05, 3.63) is 60.8 Å². The first-order valence-electron chi connectivity index (χ1n) is 26.0. The number of aliphatic hydroxyl groups is 2. The van der Waals surface area contributed by atoms with E-state index >= 15 is 0 Å². The molecule has 3 N–H and O–H groups in total. The Morgan fingerprint density at radius 2 is 0.729 bits per heavy atom. The Morgan fingerprint density at radius 3 is 1.15 bits per heavy atom. The van der Waals surface area contributed by atoms with E-state index in [2.05, 4.69) is 67.8 Å². The van der Waals surface area contributed by atoms with Crippen molar-refractivity contribution in [2.45, 2.75) is 276 Å². The second-order valence-electron chi connectivity index (χ2n) is 17.6. The van der Waals surface area contributed by atoms with Crippen LogP contribution in [0.15, 0.2) is 60.8 Å². The van der Waals surface area contributed by atoms with Crippen LogP contribution in [0.4, 0.5) is 0 Å². The minimum Gasteiger partial charge on any atom is -0.394 e. The molecule has 0 aliphatic heterocycles. The van der Waals surface area contributed by atoms with Crippen LogP contribution in [-0.4, -0.2) is 34.9 Å². The predicted molar refractivity (Wildman–Crippen MR) is 262 cm³/mol. The first-order valence-corrected chi connectivity index (χ1v) is 26.0. The van der Waals surface area contributed by atoms with Gasteiger partial charge in [-0.25, -0.2) is 0 Å². The maximum atomic E-state index is 12.3. The number of carbonyl (C=O) groups is 1. The minimum absolute atomic E-state index is 0.0754. The van der Waals surface area contributed by atoms with Crippen molar-refractivity contribution < 1.29 is 15.0 Å². The zero-order valence-corrected chi connectivity index (χ0v) is 39.5. The number of hydrogen-bond donors (Lipinski definition) is 3. The van der Waals surface area contributed by atoms with Gasteiger partial charge < -0.3 is 15.5 Å². The third-order valence-electron chi connectivity index (χ3n) is 11.7. The number of amides is 1. The number of rotatable bonds is 47. The molecule has 0 bridgehead atoms. The van der Waals surface area contributed by atoms with Crippen LogP contribution in [0.5, 0.6) is 0 Å².